The summed E-state index contributed by atoms with van der Waals surface area (Å²) in [4.78, 5) is 15.3. The Hall–Kier alpha value is -2.79. The Morgan fingerprint density at radius 2 is 1.93 bits per heavy atom. The van der Waals surface area contributed by atoms with E-state index >= 15 is 0 Å². The highest BCUT2D eigenvalue weighted by molar-refractivity contribution is 6.02. The SMILES string of the molecule is C=CCOc1ccc(C2(CC)Nc3ccccc3C(=O)N2CCCOC)cc1. The average Bonchev–Trinajstić information content (AvgIpc) is 2.74. The molecule has 0 aromatic heterocycles. The molecule has 2 aromatic rings. The molecule has 1 amide bonds. The number of para-hydroxylation sites is 1. The summed E-state index contributed by atoms with van der Waals surface area (Å²) >= 11 is 0. The van der Waals surface area contributed by atoms with E-state index in [4.69, 9.17) is 9.47 Å². The van der Waals surface area contributed by atoms with E-state index in [0.717, 1.165) is 29.8 Å². The maximum atomic E-state index is 13.4. The molecule has 1 aliphatic rings. The second-order valence-electron chi connectivity index (χ2n) is 6.81. The summed E-state index contributed by atoms with van der Waals surface area (Å²) in [7, 11) is 1.68. The smallest absolute Gasteiger partial charge is 0.258 e. The van der Waals surface area contributed by atoms with Crippen LogP contribution < -0.4 is 10.1 Å². The lowest BCUT2D eigenvalue weighted by molar-refractivity contribution is 0.0451. The summed E-state index contributed by atoms with van der Waals surface area (Å²) in [5, 5.41) is 3.65. The number of benzene rings is 2. The lowest BCUT2D eigenvalue weighted by Gasteiger charge is -2.48. The van der Waals surface area contributed by atoms with Crippen LogP contribution in [-0.4, -0.2) is 37.7 Å². The van der Waals surface area contributed by atoms with Crippen LogP contribution >= 0.6 is 0 Å². The van der Waals surface area contributed by atoms with E-state index in [1.165, 1.54) is 0 Å². The summed E-state index contributed by atoms with van der Waals surface area (Å²) in [5.74, 6) is 0.822. The number of hydrogen-bond donors (Lipinski definition) is 1. The number of rotatable bonds is 9. The van der Waals surface area contributed by atoms with Gasteiger partial charge in [0.2, 0.25) is 0 Å². The van der Waals surface area contributed by atoms with Crippen LogP contribution in [0.2, 0.25) is 0 Å². The molecule has 0 spiro atoms. The molecule has 0 aliphatic carbocycles. The molecule has 1 atom stereocenters. The van der Waals surface area contributed by atoms with Crippen LogP contribution in [0.5, 0.6) is 5.75 Å². The number of nitrogens with one attached hydrogen (secondary N) is 1. The second kappa shape index (κ2) is 8.93. The van der Waals surface area contributed by atoms with Crippen molar-refractivity contribution < 1.29 is 14.3 Å². The molecule has 0 saturated heterocycles. The molecule has 3 rings (SSSR count). The minimum Gasteiger partial charge on any atom is -0.490 e. The fraction of sp³-hybridized carbons (Fsp3) is 0.348. The highest BCUT2D eigenvalue weighted by Gasteiger charge is 2.44. The summed E-state index contributed by atoms with van der Waals surface area (Å²) in [6, 6.07) is 15.6. The lowest BCUT2D eigenvalue weighted by atomic mass is 9.89. The van der Waals surface area contributed by atoms with Gasteiger partial charge in [-0.25, -0.2) is 0 Å². The Kier molecular flexibility index (Phi) is 6.37. The molecule has 5 heteroatoms. The molecule has 1 aliphatic heterocycles. The lowest BCUT2D eigenvalue weighted by Crippen LogP contribution is -2.57. The zero-order chi connectivity index (χ0) is 20.0. The maximum Gasteiger partial charge on any atom is 0.258 e. The minimum absolute atomic E-state index is 0.0410. The van der Waals surface area contributed by atoms with Crippen molar-refractivity contribution >= 4 is 11.6 Å². The van der Waals surface area contributed by atoms with Gasteiger partial charge in [0.05, 0.1) is 5.56 Å². The van der Waals surface area contributed by atoms with Crippen molar-refractivity contribution in [3.8, 4) is 5.75 Å². The fourth-order valence-corrected chi connectivity index (χ4v) is 3.74. The minimum atomic E-state index is -0.615. The molecule has 0 bridgehead atoms. The average molecular weight is 380 g/mol. The number of ether oxygens (including phenoxy) is 2. The summed E-state index contributed by atoms with van der Waals surface area (Å²) < 4.78 is 10.8. The van der Waals surface area contributed by atoms with Crippen molar-refractivity contribution in [3.63, 3.8) is 0 Å². The number of methoxy groups -OCH3 is 1. The highest BCUT2D eigenvalue weighted by atomic mass is 16.5. The van der Waals surface area contributed by atoms with E-state index in [9.17, 15) is 4.79 Å². The van der Waals surface area contributed by atoms with Gasteiger partial charge in [-0.05, 0) is 42.7 Å². The van der Waals surface area contributed by atoms with Crippen molar-refractivity contribution in [2.45, 2.75) is 25.4 Å². The first-order valence-electron chi connectivity index (χ1n) is 9.68. The third-order valence-corrected chi connectivity index (χ3v) is 5.15. The molecular formula is C23H28N2O3. The Balaban J connectivity index is 2.01. The van der Waals surface area contributed by atoms with E-state index in [-0.39, 0.29) is 5.91 Å². The monoisotopic (exact) mass is 380 g/mol. The molecule has 1 unspecified atom stereocenters. The van der Waals surface area contributed by atoms with Gasteiger partial charge in [0.1, 0.15) is 18.0 Å². The molecular weight excluding hydrogens is 352 g/mol. The van der Waals surface area contributed by atoms with Crippen LogP contribution in [0.25, 0.3) is 0 Å². The number of carbonyl (C=O) groups is 1. The molecule has 148 valence electrons. The van der Waals surface area contributed by atoms with Gasteiger partial charge < -0.3 is 19.7 Å². The molecule has 5 nitrogen and oxygen atoms in total. The van der Waals surface area contributed by atoms with E-state index < -0.39 is 5.66 Å². The van der Waals surface area contributed by atoms with E-state index in [1.807, 2.05) is 53.4 Å². The van der Waals surface area contributed by atoms with Gasteiger partial charge in [-0.3, -0.25) is 4.79 Å². The van der Waals surface area contributed by atoms with Crippen LogP contribution in [0.1, 0.15) is 35.7 Å². The summed E-state index contributed by atoms with van der Waals surface area (Å²) in [6.45, 7) is 7.46. The van der Waals surface area contributed by atoms with Gasteiger partial charge in [0.15, 0.2) is 0 Å². The molecule has 0 radical (unpaired) electrons. The van der Waals surface area contributed by atoms with Gasteiger partial charge in [0, 0.05) is 25.9 Å². The third-order valence-electron chi connectivity index (χ3n) is 5.15. The summed E-state index contributed by atoms with van der Waals surface area (Å²) in [6.07, 6.45) is 3.22. The zero-order valence-corrected chi connectivity index (χ0v) is 16.6. The van der Waals surface area contributed by atoms with Gasteiger partial charge >= 0.3 is 0 Å². The number of carbonyl (C=O) groups excluding carboxylic acids is 1. The van der Waals surface area contributed by atoms with Gasteiger partial charge in [-0.2, -0.15) is 0 Å². The van der Waals surface area contributed by atoms with Crippen LogP contribution in [0.15, 0.2) is 61.2 Å². The molecule has 2 aromatic carbocycles. The molecule has 0 fully saturated rings. The molecule has 28 heavy (non-hydrogen) atoms. The second-order valence-corrected chi connectivity index (χ2v) is 6.81. The predicted molar refractivity (Wildman–Crippen MR) is 112 cm³/mol. The van der Waals surface area contributed by atoms with Gasteiger partial charge in [0.25, 0.3) is 5.91 Å². The van der Waals surface area contributed by atoms with Gasteiger partial charge in [-0.1, -0.05) is 43.8 Å². The van der Waals surface area contributed by atoms with Crippen molar-refractivity contribution in [1.82, 2.24) is 4.90 Å². The number of amides is 1. The fourth-order valence-electron chi connectivity index (χ4n) is 3.74. The van der Waals surface area contributed by atoms with Gasteiger partial charge in [-0.15, -0.1) is 0 Å². The first kappa shape index (κ1) is 20.0. The van der Waals surface area contributed by atoms with Crippen LogP contribution in [0, 0.1) is 0 Å². The van der Waals surface area contributed by atoms with E-state index in [0.29, 0.717) is 25.3 Å². The normalized spacial score (nSPS) is 18.4. The van der Waals surface area contributed by atoms with Crippen LogP contribution in [-0.2, 0) is 10.4 Å². The highest BCUT2D eigenvalue weighted by Crippen LogP contribution is 2.40. The predicted octanol–water partition coefficient (Wildman–Crippen LogP) is 4.42. The van der Waals surface area contributed by atoms with E-state index in [2.05, 4.69) is 18.8 Å². The largest absolute Gasteiger partial charge is 0.490 e. The number of nitrogens with zero attached hydrogens (tertiary/aromatic N) is 1. The molecule has 1 N–H and O–H groups in total. The number of fused-ring (bicyclic) bond motifs is 1. The quantitative estimate of drug-likeness (QED) is 0.517. The van der Waals surface area contributed by atoms with Crippen molar-refractivity contribution in [2.75, 3.05) is 32.2 Å². The topological polar surface area (TPSA) is 50.8 Å². The first-order chi connectivity index (χ1) is 13.7. The van der Waals surface area contributed by atoms with Crippen molar-refractivity contribution in [1.29, 1.82) is 0 Å². The number of hydrogen-bond acceptors (Lipinski definition) is 4. The molecule has 0 saturated carbocycles. The van der Waals surface area contributed by atoms with Crippen LogP contribution in [0.3, 0.4) is 0 Å². The summed E-state index contributed by atoms with van der Waals surface area (Å²) in [5.41, 5.74) is 1.98. The van der Waals surface area contributed by atoms with E-state index in [1.54, 1.807) is 13.2 Å². The zero-order valence-electron chi connectivity index (χ0n) is 16.6. The first-order valence-corrected chi connectivity index (χ1v) is 9.68. The van der Waals surface area contributed by atoms with Crippen molar-refractivity contribution in [2.24, 2.45) is 0 Å². The van der Waals surface area contributed by atoms with Crippen molar-refractivity contribution in [3.05, 3.63) is 72.3 Å². The third kappa shape index (κ3) is 3.76. The Morgan fingerprint density at radius 1 is 1.18 bits per heavy atom. The number of anilines is 1. The maximum absolute atomic E-state index is 13.4. The Bertz CT molecular complexity index is 819. The Labute approximate surface area is 167 Å². The van der Waals surface area contributed by atoms with Crippen LogP contribution in [0.4, 0.5) is 5.69 Å². The standard InChI is InChI=1S/C23H28N2O3/c1-4-16-28-19-13-11-18(12-14-19)23(5-2)24-21-10-7-6-9-20(21)22(26)25(23)15-8-17-27-3/h4,6-7,9-14,24H,1,5,8,15-17H2,2-3H3. The Morgan fingerprint density at radius 3 is 2.61 bits per heavy atom. The molecule has 1 heterocycles.